The summed E-state index contributed by atoms with van der Waals surface area (Å²) < 4.78 is 0. The first-order valence-corrected chi connectivity index (χ1v) is 7.02. The molecular weight excluding hydrogens is 218 g/mol. The van der Waals surface area contributed by atoms with Crippen LogP contribution in [0.3, 0.4) is 0 Å². The number of anilines is 1. The monoisotopic (exact) mass is 237 g/mol. The molecule has 1 aromatic heterocycles. The van der Waals surface area contributed by atoms with Crippen LogP contribution in [-0.2, 0) is 6.54 Å². The molecule has 2 atom stereocenters. The van der Waals surface area contributed by atoms with Crippen LogP contribution in [0.1, 0.15) is 24.1 Å². The van der Waals surface area contributed by atoms with Crippen molar-refractivity contribution in [2.75, 3.05) is 18.8 Å². The fourth-order valence-electron chi connectivity index (χ4n) is 3.04. The molecule has 0 spiro atoms. The maximum atomic E-state index is 5.89. The van der Waals surface area contributed by atoms with Gasteiger partial charge in [-0.25, -0.2) is 0 Å². The predicted octanol–water partition coefficient (Wildman–Crippen LogP) is 1.66. The maximum absolute atomic E-state index is 5.89. The highest BCUT2D eigenvalue weighted by Crippen LogP contribution is 2.28. The van der Waals surface area contributed by atoms with E-state index in [1.165, 1.54) is 37.2 Å². The van der Waals surface area contributed by atoms with Gasteiger partial charge < -0.3 is 11.1 Å². The van der Waals surface area contributed by atoms with Crippen LogP contribution in [0.25, 0.3) is 0 Å². The molecule has 3 rings (SSSR count). The average Bonchev–Trinajstić information content (AvgIpc) is 2.92. The predicted molar refractivity (Wildman–Crippen MR) is 68.6 cm³/mol. The van der Waals surface area contributed by atoms with Gasteiger partial charge in [-0.2, -0.15) is 0 Å². The highest BCUT2D eigenvalue weighted by Gasteiger charge is 2.36. The Hall–Kier alpha value is -0.580. The largest absolute Gasteiger partial charge is 0.398 e. The minimum absolute atomic E-state index is 0.684. The molecule has 88 valence electrons. The van der Waals surface area contributed by atoms with E-state index in [-0.39, 0.29) is 0 Å². The summed E-state index contributed by atoms with van der Waals surface area (Å²) in [6.45, 7) is 3.53. The van der Waals surface area contributed by atoms with Crippen LogP contribution in [0.15, 0.2) is 11.4 Å². The van der Waals surface area contributed by atoms with Gasteiger partial charge in [-0.3, -0.25) is 4.90 Å². The first-order chi connectivity index (χ1) is 7.84. The molecule has 4 heteroatoms. The Morgan fingerprint density at radius 1 is 1.44 bits per heavy atom. The summed E-state index contributed by atoms with van der Waals surface area (Å²) in [6.07, 6.45) is 4.05. The average molecular weight is 237 g/mol. The molecule has 3 N–H and O–H groups in total. The fourth-order valence-corrected chi connectivity index (χ4v) is 3.79. The van der Waals surface area contributed by atoms with Crippen molar-refractivity contribution in [1.82, 2.24) is 10.2 Å². The Kier molecular flexibility index (Phi) is 2.88. The molecule has 2 aliphatic rings. The number of nitrogens with two attached hydrogens (primary N) is 1. The summed E-state index contributed by atoms with van der Waals surface area (Å²) in [5.74, 6) is 0. The van der Waals surface area contributed by atoms with Crippen LogP contribution < -0.4 is 11.1 Å². The smallest absolute Gasteiger partial charge is 0.0468 e. The standard InChI is InChI=1S/C12H19N3S/c13-9-4-7-16-12(9)8-14-10-3-6-15-5-1-2-11(10)15/h4,7,10-11,14H,1-3,5-6,8,13H2. The molecule has 0 amide bonds. The number of hydrogen-bond donors (Lipinski definition) is 2. The zero-order chi connectivity index (χ0) is 11.0. The Labute approximate surface area is 101 Å². The second kappa shape index (κ2) is 4.35. The van der Waals surface area contributed by atoms with E-state index in [1.54, 1.807) is 11.3 Å². The molecule has 2 fully saturated rings. The lowest BCUT2D eigenvalue weighted by Gasteiger charge is -2.21. The van der Waals surface area contributed by atoms with E-state index >= 15 is 0 Å². The normalized spacial score (nSPS) is 29.8. The second-order valence-electron chi connectivity index (χ2n) is 4.82. The number of hydrogen-bond acceptors (Lipinski definition) is 4. The van der Waals surface area contributed by atoms with Crippen LogP contribution in [0.4, 0.5) is 5.69 Å². The molecular formula is C12H19N3S. The van der Waals surface area contributed by atoms with Crippen molar-refractivity contribution < 1.29 is 0 Å². The molecule has 2 unspecified atom stereocenters. The summed E-state index contributed by atoms with van der Waals surface area (Å²) in [4.78, 5) is 3.92. The SMILES string of the molecule is Nc1ccsc1CNC1CCN2CCCC12. The number of fused-ring (bicyclic) bond motifs is 1. The Bertz CT molecular complexity index is 363. The lowest BCUT2D eigenvalue weighted by Crippen LogP contribution is -2.38. The van der Waals surface area contributed by atoms with E-state index in [1.807, 2.05) is 6.07 Å². The Morgan fingerprint density at radius 3 is 3.19 bits per heavy atom. The fraction of sp³-hybridized carbons (Fsp3) is 0.667. The van der Waals surface area contributed by atoms with Gasteiger partial charge in [-0.1, -0.05) is 0 Å². The topological polar surface area (TPSA) is 41.3 Å². The molecule has 1 aromatic rings. The van der Waals surface area contributed by atoms with Crippen molar-refractivity contribution in [3.8, 4) is 0 Å². The van der Waals surface area contributed by atoms with Gasteiger partial charge in [0, 0.05) is 35.7 Å². The van der Waals surface area contributed by atoms with Crippen LogP contribution in [0.2, 0.25) is 0 Å². The van der Waals surface area contributed by atoms with Gasteiger partial charge in [0.25, 0.3) is 0 Å². The molecule has 0 aliphatic carbocycles. The molecule has 0 saturated carbocycles. The lowest BCUT2D eigenvalue weighted by atomic mass is 10.1. The van der Waals surface area contributed by atoms with Crippen molar-refractivity contribution in [3.63, 3.8) is 0 Å². The highest BCUT2D eigenvalue weighted by molar-refractivity contribution is 7.10. The molecule has 2 aliphatic heterocycles. The van der Waals surface area contributed by atoms with Gasteiger partial charge in [-0.05, 0) is 37.3 Å². The van der Waals surface area contributed by atoms with E-state index in [2.05, 4.69) is 15.6 Å². The number of nitrogens with zero attached hydrogens (tertiary/aromatic N) is 1. The second-order valence-corrected chi connectivity index (χ2v) is 5.82. The van der Waals surface area contributed by atoms with Crippen molar-refractivity contribution >= 4 is 17.0 Å². The summed E-state index contributed by atoms with van der Waals surface area (Å²) >= 11 is 1.76. The van der Waals surface area contributed by atoms with Gasteiger partial charge in [0.15, 0.2) is 0 Å². The zero-order valence-corrected chi connectivity index (χ0v) is 10.3. The third-order valence-electron chi connectivity index (χ3n) is 3.91. The van der Waals surface area contributed by atoms with Crippen molar-refractivity contribution in [3.05, 3.63) is 16.3 Å². The van der Waals surface area contributed by atoms with Gasteiger partial charge in [0.05, 0.1) is 0 Å². The van der Waals surface area contributed by atoms with Crippen molar-refractivity contribution in [2.24, 2.45) is 0 Å². The molecule has 0 bridgehead atoms. The molecule has 3 heterocycles. The number of nitrogens with one attached hydrogen (secondary N) is 1. The van der Waals surface area contributed by atoms with Crippen LogP contribution >= 0.6 is 11.3 Å². The zero-order valence-electron chi connectivity index (χ0n) is 9.48. The third kappa shape index (κ3) is 1.85. The summed E-state index contributed by atoms with van der Waals surface area (Å²) in [5, 5.41) is 5.76. The Morgan fingerprint density at radius 2 is 2.38 bits per heavy atom. The minimum atomic E-state index is 0.684. The summed E-state index contributed by atoms with van der Waals surface area (Å²) in [5.41, 5.74) is 6.84. The molecule has 0 aromatic carbocycles. The van der Waals surface area contributed by atoms with Crippen LogP contribution in [0, 0.1) is 0 Å². The van der Waals surface area contributed by atoms with Crippen LogP contribution in [-0.4, -0.2) is 30.1 Å². The molecule has 16 heavy (non-hydrogen) atoms. The first-order valence-electron chi connectivity index (χ1n) is 6.14. The van der Waals surface area contributed by atoms with Gasteiger partial charge in [0.2, 0.25) is 0 Å². The van der Waals surface area contributed by atoms with Crippen molar-refractivity contribution in [1.29, 1.82) is 0 Å². The molecule has 3 nitrogen and oxygen atoms in total. The van der Waals surface area contributed by atoms with Gasteiger partial charge in [-0.15, -0.1) is 11.3 Å². The minimum Gasteiger partial charge on any atom is -0.398 e. The van der Waals surface area contributed by atoms with Gasteiger partial charge >= 0.3 is 0 Å². The molecule has 2 saturated heterocycles. The Balaban J connectivity index is 1.58. The van der Waals surface area contributed by atoms with E-state index < -0.39 is 0 Å². The van der Waals surface area contributed by atoms with Gasteiger partial charge in [0.1, 0.15) is 0 Å². The number of rotatable bonds is 3. The van der Waals surface area contributed by atoms with E-state index in [0.717, 1.165) is 18.3 Å². The molecule has 0 radical (unpaired) electrons. The first kappa shape index (κ1) is 10.6. The maximum Gasteiger partial charge on any atom is 0.0468 e. The van der Waals surface area contributed by atoms with E-state index in [4.69, 9.17) is 5.73 Å². The van der Waals surface area contributed by atoms with E-state index in [9.17, 15) is 0 Å². The number of nitrogen functional groups attached to an aromatic ring is 1. The third-order valence-corrected chi connectivity index (χ3v) is 4.85. The number of thiophene rings is 1. The van der Waals surface area contributed by atoms with E-state index in [0.29, 0.717) is 6.04 Å². The van der Waals surface area contributed by atoms with Crippen LogP contribution in [0.5, 0.6) is 0 Å². The van der Waals surface area contributed by atoms with Crippen molar-refractivity contribution in [2.45, 2.75) is 37.9 Å². The highest BCUT2D eigenvalue weighted by atomic mass is 32.1. The lowest BCUT2D eigenvalue weighted by molar-refractivity contribution is 0.299. The summed E-state index contributed by atoms with van der Waals surface area (Å²) in [7, 11) is 0. The quantitative estimate of drug-likeness (QED) is 0.840. The summed E-state index contributed by atoms with van der Waals surface area (Å²) in [6, 6.07) is 3.48.